The first-order valence-corrected chi connectivity index (χ1v) is 6.88. The van der Waals surface area contributed by atoms with Crippen LogP contribution in [0.1, 0.15) is 38.2 Å². The molecule has 1 aromatic carbocycles. The van der Waals surface area contributed by atoms with Gasteiger partial charge in [0.05, 0.1) is 24.2 Å². The molecule has 0 saturated carbocycles. The number of ether oxygens (including phenoxy) is 2. The summed E-state index contributed by atoms with van der Waals surface area (Å²) in [4.78, 5) is 4.70. The summed E-state index contributed by atoms with van der Waals surface area (Å²) in [6, 6.07) is 6.11. The molecule has 0 fully saturated rings. The van der Waals surface area contributed by atoms with Crippen molar-refractivity contribution in [3.8, 4) is 5.75 Å². The fourth-order valence-electron chi connectivity index (χ4n) is 2.40. The maximum absolute atomic E-state index is 6.26. The van der Waals surface area contributed by atoms with Crippen LogP contribution in [-0.4, -0.2) is 30.4 Å². The van der Waals surface area contributed by atoms with Crippen LogP contribution in [0.25, 0.3) is 11.0 Å². The van der Waals surface area contributed by atoms with Crippen LogP contribution in [-0.2, 0) is 4.74 Å². The number of benzene rings is 1. The Bertz CT molecular complexity index is 578. The average Bonchev–Trinajstić information content (AvgIpc) is 2.82. The molecular weight excluding hydrogens is 254 g/mol. The first-order valence-electron chi connectivity index (χ1n) is 6.88. The lowest BCUT2D eigenvalue weighted by molar-refractivity contribution is 0.186. The van der Waals surface area contributed by atoms with Gasteiger partial charge in [-0.1, -0.05) is 0 Å². The van der Waals surface area contributed by atoms with Crippen LogP contribution in [0.4, 0.5) is 0 Å². The van der Waals surface area contributed by atoms with Crippen LogP contribution >= 0.6 is 0 Å². The summed E-state index contributed by atoms with van der Waals surface area (Å²) in [6.45, 7) is 4.90. The smallest absolute Gasteiger partial charge is 0.127 e. The molecular formula is C15H23N3O2. The monoisotopic (exact) mass is 277 g/mol. The minimum Gasteiger partial charge on any atom is -0.497 e. The number of fused-ring (bicyclic) bond motifs is 1. The topological polar surface area (TPSA) is 62.3 Å². The van der Waals surface area contributed by atoms with Crippen LogP contribution in [0.2, 0.25) is 0 Å². The number of imidazole rings is 1. The number of rotatable bonds is 6. The number of hydrogen-bond acceptors (Lipinski definition) is 4. The number of aromatic nitrogens is 2. The summed E-state index contributed by atoms with van der Waals surface area (Å²) in [5.41, 5.74) is 8.26. The van der Waals surface area contributed by atoms with Crippen molar-refractivity contribution >= 4 is 11.0 Å². The Labute approximate surface area is 119 Å². The van der Waals surface area contributed by atoms with E-state index >= 15 is 0 Å². The van der Waals surface area contributed by atoms with Gasteiger partial charge in [-0.3, -0.25) is 0 Å². The van der Waals surface area contributed by atoms with Gasteiger partial charge in [0.2, 0.25) is 0 Å². The standard InChI is InChI=1S/C15H23N3O2/c1-10(2)18-14-6-5-11(20-4)9-13(14)17-15(18)12(16)7-8-19-3/h5-6,9-10,12H,7-8,16H2,1-4H3. The largest absolute Gasteiger partial charge is 0.497 e. The zero-order valence-electron chi connectivity index (χ0n) is 12.6. The van der Waals surface area contributed by atoms with Crippen LogP contribution < -0.4 is 10.5 Å². The maximum atomic E-state index is 6.26. The van der Waals surface area contributed by atoms with E-state index in [2.05, 4.69) is 18.4 Å². The highest BCUT2D eigenvalue weighted by Gasteiger charge is 2.19. The molecule has 1 unspecified atom stereocenters. The quantitative estimate of drug-likeness (QED) is 0.881. The number of nitrogens with two attached hydrogens (primary N) is 1. The van der Waals surface area contributed by atoms with Crippen molar-refractivity contribution < 1.29 is 9.47 Å². The molecule has 1 atom stereocenters. The third kappa shape index (κ3) is 2.78. The van der Waals surface area contributed by atoms with Gasteiger partial charge >= 0.3 is 0 Å². The highest BCUT2D eigenvalue weighted by atomic mass is 16.5. The lowest BCUT2D eigenvalue weighted by atomic mass is 10.2. The Morgan fingerprint density at radius 1 is 1.30 bits per heavy atom. The zero-order chi connectivity index (χ0) is 14.7. The van der Waals surface area contributed by atoms with E-state index in [-0.39, 0.29) is 6.04 Å². The molecule has 0 saturated heterocycles. The van der Waals surface area contributed by atoms with Crippen molar-refractivity contribution in [3.63, 3.8) is 0 Å². The molecule has 1 heterocycles. The van der Waals surface area contributed by atoms with Gasteiger partial charge in [0.15, 0.2) is 0 Å². The first kappa shape index (κ1) is 14.8. The van der Waals surface area contributed by atoms with Crippen molar-refractivity contribution in [1.29, 1.82) is 0 Å². The Kier molecular flexibility index (Phi) is 4.62. The molecule has 110 valence electrons. The van der Waals surface area contributed by atoms with Crippen LogP contribution in [0.5, 0.6) is 5.75 Å². The molecule has 0 radical (unpaired) electrons. The molecule has 0 aliphatic heterocycles. The second-order valence-corrected chi connectivity index (χ2v) is 5.18. The second kappa shape index (κ2) is 6.24. The van der Waals surface area contributed by atoms with E-state index in [9.17, 15) is 0 Å². The molecule has 0 bridgehead atoms. The van der Waals surface area contributed by atoms with Gasteiger partial charge in [-0.05, 0) is 32.4 Å². The Hall–Kier alpha value is -1.59. The fraction of sp³-hybridized carbons (Fsp3) is 0.533. The van der Waals surface area contributed by atoms with Gasteiger partial charge in [0.25, 0.3) is 0 Å². The molecule has 2 aromatic rings. The Morgan fingerprint density at radius 3 is 2.65 bits per heavy atom. The predicted molar refractivity (Wildman–Crippen MR) is 80.1 cm³/mol. The fourth-order valence-corrected chi connectivity index (χ4v) is 2.40. The van der Waals surface area contributed by atoms with Crippen molar-refractivity contribution in [2.45, 2.75) is 32.4 Å². The summed E-state index contributed by atoms with van der Waals surface area (Å²) in [5, 5.41) is 0. The molecule has 0 aliphatic carbocycles. The van der Waals surface area contributed by atoms with E-state index in [1.54, 1.807) is 14.2 Å². The molecule has 5 heteroatoms. The maximum Gasteiger partial charge on any atom is 0.127 e. The average molecular weight is 277 g/mol. The number of hydrogen-bond donors (Lipinski definition) is 1. The van der Waals surface area contributed by atoms with E-state index in [4.69, 9.17) is 20.2 Å². The number of nitrogens with zero attached hydrogens (tertiary/aromatic N) is 2. The summed E-state index contributed by atoms with van der Waals surface area (Å²) in [7, 11) is 3.34. The number of methoxy groups -OCH3 is 2. The molecule has 2 rings (SSSR count). The SMILES string of the molecule is COCCC(N)c1nc2cc(OC)ccc2n1C(C)C. The van der Waals surface area contributed by atoms with E-state index in [0.29, 0.717) is 12.6 Å². The summed E-state index contributed by atoms with van der Waals surface area (Å²) >= 11 is 0. The second-order valence-electron chi connectivity index (χ2n) is 5.18. The van der Waals surface area contributed by atoms with E-state index in [1.807, 2.05) is 18.2 Å². The van der Waals surface area contributed by atoms with Crippen LogP contribution in [0.15, 0.2) is 18.2 Å². The Balaban J connectivity index is 2.49. The summed E-state index contributed by atoms with van der Waals surface area (Å²) in [6.07, 6.45) is 0.754. The highest BCUT2D eigenvalue weighted by Crippen LogP contribution is 2.28. The molecule has 0 aliphatic rings. The molecule has 5 nitrogen and oxygen atoms in total. The van der Waals surface area contributed by atoms with Crippen molar-refractivity contribution in [3.05, 3.63) is 24.0 Å². The summed E-state index contributed by atoms with van der Waals surface area (Å²) < 4.78 is 12.6. The molecule has 0 spiro atoms. The van der Waals surface area contributed by atoms with Gasteiger partial charge in [0.1, 0.15) is 11.6 Å². The minimum atomic E-state index is -0.129. The molecule has 0 amide bonds. The normalized spacial score (nSPS) is 13.1. The van der Waals surface area contributed by atoms with Crippen molar-refractivity contribution in [1.82, 2.24) is 9.55 Å². The van der Waals surface area contributed by atoms with Crippen LogP contribution in [0.3, 0.4) is 0 Å². The predicted octanol–water partition coefficient (Wildman–Crippen LogP) is 2.66. The van der Waals surface area contributed by atoms with Gasteiger partial charge in [-0.15, -0.1) is 0 Å². The third-order valence-corrected chi connectivity index (χ3v) is 3.40. The van der Waals surface area contributed by atoms with E-state index in [1.165, 1.54) is 0 Å². The lowest BCUT2D eigenvalue weighted by Gasteiger charge is -2.17. The molecule has 20 heavy (non-hydrogen) atoms. The van der Waals surface area contributed by atoms with E-state index < -0.39 is 0 Å². The Morgan fingerprint density at radius 2 is 2.05 bits per heavy atom. The highest BCUT2D eigenvalue weighted by molar-refractivity contribution is 5.78. The van der Waals surface area contributed by atoms with Gasteiger partial charge < -0.3 is 19.8 Å². The third-order valence-electron chi connectivity index (χ3n) is 3.40. The van der Waals surface area contributed by atoms with E-state index in [0.717, 1.165) is 29.0 Å². The van der Waals surface area contributed by atoms with Gasteiger partial charge in [-0.25, -0.2) is 4.98 Å². The van der Waals surface area contributed by atoms with Crippen molar-refractivity contribution in [2.75, 3.05) is 20.8 Å². The first-order chi connectivity index (χ1) is 9.58. The zero-order valence-corrected chi connectivity index (χ0v) is 12.6. The van der Waals surface area contributed by atoms with Crippen molar-refractivity contribution in [2.24, 2.45) is 5.73 Å². The molecule has 2 N–H and O–H groups in total. The molecule has 1 aromatic heterocycles. The lowest BCUT2D eigenvalue weighted by Crippen LogP contribution is -2.19. The summed E-state index contributed by atoms with van der Waals surface area (Å²) in [5.74, 6) is 1.71. The van der Waals surface area contributed by atoms with Gasteiger partial charge in [-0.2, -0.15) is 0 Å². The van der Waals surface area contributed by atoms with Crippen LogP contribution in [0, 0.1) is 0 Å². The van der Waals surface area contributed by atoms with Gasteiger partial charge in [0, 0.05) is 25.8 Å². The minimum absolute atomic E-state index is 0.129.